The van der Waals surface area contributed by atoms with E-state index in [2.05, 4.69) is 20.8 Å². The number of ether oxygens (including phenoxy) is 1. The van der Waals surface area contributed by atoms with E-state index < -0.39 is 0 Å². The third-order valence-electron chi connectivity index (χ3n) is 3.38. The van der Waals surface area contributed by atoms with Crippen LogP contribution in [-0.4, -0.2) is 50.2 Å². The van der Waals surface area contributed by atoms with Crippen molar-refractivity contribution in [3.05, 3.63) is 26.7 Å². The average Bonchev–Trinajstić information content (AvgIpc) is 2.27. The van der Waals surface area contributed by atoms with E-state index in [9.17, 15) is 10.1 Å². The SMILES string of the molecule is COc1cc(N2CC(N(C)C)C2)c([N+](=O)[O-])cc1Br. The number of benzene rings is 1. The number of hydrogen-bond acceptors (Lipinski definition) is 5. The van der Waals surface area contributed by atoms with Gasteiger partial charge in [-0.1, -0.05) is 0 Å². The Labute approximate surface area is 120 Å². The minimum Gasteiger partial charge on any atom is -0.495 e. The molecule has 0 bridgehead atoms. The Bertz CT molecular complexity index is 501. The maximum atomic E-state index is 11.1. The second kappa shape index (κ2) is 5.34. The maximum Gasteiger partial charge on any atom is 0.293 e. The highest BCUT2D eigenvalue weighted by Gasteiger charge is 2.33. The van der Waals surface area contributed by atoms with Crippen molar-refractivity contribution in [1.82, 2.24) is 4.90 Å². The molecular formula is C12H16BrN3O3. The Kier molecular flexibility index (Phi) is 3.96. The summed E-state index contributed by atoms with van der Waals surface area (Å²) in [4.78, 5) is 14.9. The first kappa shape index (κ1) is 14.1. The molecule has 0 unspecified atom stereocenters. The molecular weight excluding hydrogens is 314 g/mol. The van der Waals surface area contributed by atoms with Crippen molar-refractivity contribution >= 4 is 27.3 Å². The lowest BCUT2D eigenvalue weighted by Crippen LogP contribution is -2.57. The van der Waals surface area contributed by atoms with Crippen molar-refractivity contribution in [2.45, 2.75) is 6.04 Å². The van der Waals surface area contributed by atoms with Crippen LogP contribution in [0.4, 0.5) is 11.4 Å². The van der Waals surface area contributed by atoms with E-state index in [0.717, 1.165) is 13.1 Å². The van der Waals surface area contributed by atoms with E-state index >= 15 is 0 Å². The minimum atomic E-state index is -0.359. The van der Waals surface area contributed by atoms with Crippen LogP contribution in [0.25, 0.3) is 0 Å². The van der Waals surface area contributed by atoms with Gasteiger partial charge in [0.25, 0.3) is 5.69 Å². The van der Waals surface area contributed by atoms with Crippen molar-refractivity contribution in [2.24, 2.45) is 0 Å². The summed E-state index contributed by atoms with van der Waals surface area (Å²) < 4.78 is 5.80. The largest absolute Gasteiger partial charge is 0.495 e. The van der Waals surface area contributed by atoms with Crippen LogP contribution in [0, 0.1) is 10.1 Å². The van der Waals surface area contributed by atoms with Crippen LogP contribution in [0.3, 0.4) is 0 Å². The average molecular weight is 330 g/mol. The number of halogens is 1. The molecule has 0 saturated carbocycles. The topological polar surface area (TPSA) is 58.8 Å². The van der Waals surface area contributed by atoms with Crippen LogP contribution in [0.15, 0.2) is 16.6 Å². The lowest BCUT2D eigenvalue weighted by Gasteiger charge is -2.43. The lowest BCUT2D eigenvalue weighted by atomic mass is 10.1. The number of nitro benzene ring substituents is 1. The summed E-state index contributed by atoms with van der Waals surface area (Å²) in [5.74, 6) is 0.605. The van der Waals surface area contributed by atoms with Gasteiger partial charge in [0, 0.05) is 31.3 Å². The summed E-state index contributed by atoms with van der Waals surface area (Å²) >= 11 is 3.28. The van der Waals surface area contributed by atoms with Crippen molar-refractivity contribution < 1.29 is 9.66 Å². The Morgan fingerprint density at radius 3 is 2.58 bits per heavy atom. The van der Waals surface area contributed by atoms with E-state index in [0.29, 0.717) is 22.0 Å². The van der Waals surface area contributed by atoms with Crippen LogP contribution in [0.2, 0.25) is 0 Å². The number of nitrogens with zero attached hydrogens (tertiary/aromatic N) is 3. The molecule has 19 heavy (non-hydrogen) atoms. The fourth-order valence-electron chi connectivity index (χ4n) is 2.07. The van der Waals surface area contributed by atoms with Gasteiger partial charge in [0.05, 0.1) is 16.5 Å². The molecule has 1 aliphatic heterocycles. The number of likely N-dealkylation sites (N-methyl/N-ethyl adjacent to an activating group) is 1. The van der Waals surface area contributed by atoms with Crippen molar-refractivity contribution in [3.8, 4) is 5.75 Å². The van der Waals surface area contributed by atoms with Gasteiger partial charge >= 0.3 is 0 Å². The van der Waals surface area contributed by atoms with Gasteiger partial charge in [-0.25, -0.2) is 0 Å². The number of nitro groups is 1. The predicted octanol–water partition coefficient (Wildman–Crippen LogP) is 2.12. The molecule has 1 aromatic rings. The zero-order chi connectivity index (χ0) is 14.2. The number of hydrogen-bond donors (Lipinski definition) is 0. The van der Waals surface area contributed by atoms with E-state index in [1.807, 2.05) is 19.0 Å². The summed E-state index contributed by atoms with van der Waals surface area (Å²) in [6.45, 7) is 1.58. The molecule has 1 heterocycles. The van der Waals surface area contributed by atoms with E-state index in [1.54, 1.807) is 13.2 Å². The van der Waals surface area contributed by atoms with Crippen LogP contribution in [-0.2, 0) is 0 Å². The van der Waals surface area contributed by atoms with Crippen molar-refractivity contribution in [1.29, 1.82) is 0 Å². The molecule has 0 spiro atoms. The molecule has 7 heteroatoms. The second-order valence-corrected chi connectivity index (χ2v) is 5.61. The zero-order valence-electron chi connectivity index (χ0n) is 11.1. The quantitative estimate of drug-likeness (QED) is 0.625. The van der Waals surface area contributed by atoms with E-state index in [-0.39, 0.29) is 10.6 Å². The molecule has 0 atom stereocenters. The highest BCUT2D eigenvalue weighted by molar-refractivity contribution is 9.10. The van der Waals surface area contributed by atoms with Crippen molar-refractivity contribution in [3.63, 3.8) is 0 Å². The summed E-state index contributed by atoms with van der Waals surface area (Å²) in [5.41, 5.74) is 0.716. The Morgan fingerprint density at radius 2 is 2.11 bits per heavy atom. The van der Waals surface area contributed by atoms with Gasteiger partial charge in [0.15, 0.2) is 0 Å². The summed E-state index contributed by atoms with van der Waals surface area (Å²) in [6, 6.07) is 3.65. The van der Waals surface area contributed by atoms with Crippen LogP contribution in [0.1, 0.15) is 0 Å². The summed E-state index contributed by atoms with van der Waals surface area (Å²) in [5, 5.41) is 11.1. The van der Waals surface area contributed by atoms with Crippen LogP contribution in [0.5, 0.6) is 5.75 Å². The third kappa shape index (κ3) is 2.66. The molecule has 1 saturated heterocycles. The lowest BCUT2D eigenvalue weighted by molar-refractivity contribution is -0.384. The number of anilines is 1. The van der Waals surface area contributed by atoms with Gasteiger partial charge in [-0.15, -0.1) is 0 Å². The second-order valence-electron chi connectivity index (χ2n) is 4.75. The Balaban J connectivity index is 2.31. The Hall–Kier alpha value is -1.34. The smallest absolute Gasteiger partial charge is 0.293 e. The van der Waals surface area contributed by atoms with Crippen LogP contribution >= 0.6 is 15.9 Å². The monoisotopic (exact) mass is 329 g/mol. The molecule has 0 radical (unpaired) electrons. The maximum absolute atomic E-state index is 11.1. The highest BCUT2D eigenvalue weighted by atomic mass is 79.9. The minimum absolute atomic E-state index is 0.102. The number of rotatable bonds is 4. The van der Waals surface area contributed by atoms with E-state index in [1.165, 1.54) is 6.07 Å². The normalized spacial score (nSPS) is 15.5. The highest BCUT2D eigenvalue weighted by Crippen LogP contribution is 2.39. The van der Waals surface area contributed by atoms with E-state index in [4.69, 9.17) is 4.74 Å². The first-order chi connectivity index (χ1) is 8.93. The molecule has 0 aliphatic carbocycles. The molecule has 0 N–H and O–H groups in total. The molecule has 2 rings (SSSR count). The molecule has 1 fully saturated rings. The first-order valence-electron chi connectivity index (χ1n) is 5.87. The fourth-order valence-corrected chi connectivity index (χ4v) is 2.56. The molecule has 6 nitrogen and oxygen atoms in total. The van der Waals surface area contributed by atoms with Gasteiger partial charge in [-0.2, -0.15) is 0 Å². The predicted molar refractivity (Wildman–Crippen MR) is 77.0 cm³/mol. The molecule has 1 aromatic carbocycles. The number of methoxy groups -OCH3 is 1. The molecule has 1 aliphatic rings. The third-order valence-corrected chi connectivity index (χ3v) is 4.00. The van der Waals surface area contributed by atoms with Crippen LogP contribution < -0.4 is 9.64 Å². The fraction of sp³-hybridized carbons (Fsp3) is 0.500. The van der Waals surface area contributed by atoms with Gasteiger partial charge in [-0.05, 0) is 30.0 Å². The first-order valence-corrected chi connectivity index (χ1v) is 6.66. The van der Waals surface area contributed by atoms with Gasteiger partial charge < -0.3 is 14.5 Å². The van der Waals surface area contributed by atoms with Crippen molar-refractivity contribution in [2.75, 3.05) is 39.2 Å². The Morgan fingerprint density at radius 1 is 1.47 bits per heavy atom. The summed E-state index contributed by atoms with van der Waals surface area (Å²) in [7, 11) is 5.58. The summed E-state index contributed by atoms with van der Waals surface area (Å²) in [6.07, 6.45) is 0. The molecule has 104 valence electrons. The molecule has 0 aromatic heterocycles. The van der Waals surface area contributed by atoms with Gasteiger partial charge in [0.1, 0.15) is 11.4 Å². The molecule has 0 amide bonds. The zero-order valence-corrected chi connectivity index (χ0v) is 12.7. The standard InChI is InChI=1S/C12H16BrN3O3/c1-14(2)8-6-15(7-8)10-5-12(19-3)9(13)4-11(10)16(17)18/h4-5,8H,6-7H2,1-3H3. The van der Waals surface area contributed by atoms with Gasteiger partial charge in [-0.3, -0.25) is 10.1 Å². The van der Waals surface area contributed by atoms with Gasteiger partial charge in [0.2, 0.25) is 0 Å².